The third-order valence-electron chi connectivity index (χ3n) is 4.18. The van der Waals surface area contributed by atoms with E-state index in [-0.39, 0.29) is 0 Å². The fraction of sp³-hybridized carbons (Fsp3) is 0.227. The predicted octanol–water partition coefficient (Wildman–Crippen LogP) is 3.99. The van der Waals surface area contributed by atoms with Gasteiger partial charge in [-0.25, -0.2) is 9.59 Å². The maximum Gasteiger partial charge on any atom is 0.328 e. The van der Waals surface area contributed by atoms with E-state index in [0.29, 0.717) is 12.2 Å². The van der Waals surface area contributed by atoms with E-state index in [0.717, 1.165) is 19.4 Å². The Bertz CT molecular complexity index is 964. The number of carboxylic acid groups (broad SMARTS) is 2. The van der Waals surface area contributed by atoms with Crippen LogP contribution in [0.5, 0.6) is 0 Å². The predicted molar refractivity (Wildman–Crippen MR) is 113 cm³/mol. The van der Waals surface area contributed by atoms with Crippen molar-refractivity contribution >= 4 is 28.5 Å². The highest BCUT2D eigenvalue weighted by Crippen LogP contribution is 2.25. The minimum absolute atomic E-state index is 0.558. The van der Waals surface area contributed by atoms with Gasteiger partial charge in [-0.15, -0.1) is 0 Å². The minimum atomic E-state index is -1.26. The van der Waals surface area contributed by atoms with Crippen LogP contribution in [0, 0.1) is 0 Å². The van der Waals surface area contributed by atoms with Gasteiger partial charge in [0.05, 0.1) is 11.2 Å². The zero-order valence-corrected chi connectivity index (χ0v) is 16.5. The van der Waals surface area contributed by atoms with Crippen molar-refractivity contribution in [3.05, 3.63) is 72.7 Å². The summed E-state index contributed by atoms with van der Waals surface area (Å²) in [5.41, 5.74) is 3.83. The van der Waals surface area contributed by atoms with Crippen LogP contribution < -0.4 is 5.01 Å². The lowest BCUT2D eigenvalue weighted by atomic mass is 10.1. The molecule has 0 fully saturated rings. The monoisotopic (exact) mass is 395 g/mol. The van der Waals surface area contributed by atoms with Crippen molar-refractivity contribution in [2.45, 2.75) is 26.7 Å². The maximum absolute atomic E-state index is 9.55. The van der Waals surface area contributed by atoms with Gasteiger partial charge < -0.3 is 10.2 Å². The smallest absolute Gasteiger partial charge is 0.328 e. The van der Waals surface area contributed by atoms with Crippen LogP contribution in [0.1, 0.15) is 25.8 Å². The molecule has 2 N–H and O–H groups in total. The number of anilines is 1. The van der Waals surface area contributed by atoms with Gasteiger partial charge in [0.1, 0.15) is 0 Å². The molecule has 7 heteroatoms. The molecule has 0 atom stereocenters. The Morgan fingerprint density at radius 1 is 1.03 bits per heavy atom. The molecule has 0 radical (unpaired) electrons. The van der Waals surface area contributed by atoms with Crippen molar-refractivity contribution in [3.63, 3.8) is 0 Å². The number of aryl methyl sites for hydroxylation is 1. The van der Waals surface area contributed by atoms with Crippen LogP contribution in [0.2, 0.25) is 0 Å². The molecular weight excluding hydrogens is 370 g/mol. The summed E-state index contributed by atoms with van der Waals surface area (Å²) in [7, 11) is 0. The molecule has 0 spiro atoms. The highest BCUT2D eigenvalue weighted by atomic mass is 16.4. The molecule has 3 rings (SSSR count). The van der Waals surface area contributed by atoms with Crippen molar-refractivity contribution in [2.75, 3.05) is 11.6 Å². The molecule has 0 aliphatic carbocycles. The zero-order valence-electron chi connectivity index (χ0n) is 16.5. The molecular formula is C22H25N3O4. The number of aromatic nitrogens is 2. The van der Waals surface area contributed by atoms with E-state index in [1.807, 2.05) is 12.4 Å². The summed E-state index contributed by atoms with van der Waals surface area (Å²) in [6, 6.07) is 12.8. The molecule has 0 saturated heterocycles. The first-order valence-corrected chi connectivity index (χ1v) is 9.38. The average Bonchev–Trinajstić information content (AvgIpc) is 3.10. The number of para-hydroxylation sites is 1. The standard InChI is InChI=1S/C18H21N3.C4H4O4/c1-3-13-20(16-9-11-19-12-10-16)21-14-15(4-2)17-7-5-6-8-18(17)21;5-3(6)1-2-4(7)8/h5-12,14H,3-4,13H2,1-2H3;1-2H,(H,5,6)(H,7,8)/b;2-1-. The van der Waals surface area contributed by atoms with Gasteiger partial charge in [-0.1, -0.05) is 32.0 Å². The largest absolute Gasteiger partial charge is 0.478 e. The Morgan fingerprint density at radius 3 is 2.21 bits per heavy atom. The number of fused-ring (bicyclic) bond motifs is 1. The van der Waals surface area contributed by atoms with Gasteiger partial charge in [0.25, 0.3) is 0 Å². The number of benzene rings is 1. The summed E-state index contributed by atoms with van der Waals surface area (Å²) >= 11 is 0. The zero-order chi connectivity index (χ0) is 21.2. The fourth-order valence-corrected chi connectivity index (χ4v) is 2.94. The molecule has 0 bridgehead atoms. The molecule has 0 amide bonds. The molecule has 2 heterocycles. The molecule has 7 nitrogen and oxygen atoms in total. The summed E-state index contributed by atoms with van der Waals surface area (Å²) in [5, 5.41) is 19.3. The maximum atomic E-state index is 9.55. The highest BCUT2D eigenvalue weighted by molar-refractivity contribution is 5.89. The number of rotatable bonds is 7. The molecule has 29 heavy (non-hydrogen) atoms. The second-order valence-corrected chi connectivity index (χ2v) is 6.21. The molecule has 2 aromatic heterocycles. The van der Waals surface area contributed by atoms with Crippen LogP contribution in [-0.2, 0) is 16.0 Å². The van der Waals surface area contributed by atoms with Crippen LogP contribution in [0.4, 0.5) is 5.69 Å². The van der Waals surface area contributed by atoms with Gasteiger partial charge in [-0.3, -0.25) is 14.7 Å². The van der Waals surface area contributed by atoms with Crippen molar-refractivity contribution in [2.24, 2.45) is 0 Å². The lowest BCUT2D eigenvalue weighted by Gasteiger charge is -2.26. The Morgan fingerprint density at radius 2 is 1.66 bits per heavy atom. The van der Waals surface area contributed by atoms with Crippen LogP contribution in [-0.4, -0.2) is 38.4 Å². The molecule has 0 aliphatic rings. The molecule has 1 aromatic carbocycles. The van der Waals surface area contributed by atoms with Gasteiger partial charge in [0.15, 0.2) is 0 Å². The Hall–Kier alpha value is -3.61. The van der Waals surface area contributed by atoms with E-state index in [2.05, 4.69) is 71.1 Å². The number of nitrogens with zero attached hydrogens (tertiary/aromatic N) is 3. The van der Waals surface area contributed by atoms with Crippen LogP contribution in [0.15, 0.2) is 67.1 Å². The number of carbonyl (C=O) groups is 2. The molecule has 0 unspecified atom stereocenters. The van der Waals surface area contributed by atoms with Gasteiger partial charge >= 0.3 is 11.9 Å². The van der Waals surface area contributed by atoms with E-state index >= 15 is 0 Å². The molecule has 152 valence electrons. The first-order valence-electron chi connectivity index (χ1n) is 9.38. The van der Waals surface area contributed by atoms with Crippen molar-refractivity contribution in [1.29, 1.82) is 0 Å². The second-order valence-electron chi connectivity index (χ2n) is 6.21. The minimum Gasteiger partial charge on any atom is -0.478 e. The Kier molecular flexibility index (Phi) is 7.97. The Labute approximate surface area is 169 Å². The van der Waals surface area contributed by atoms with Gasteiger partial charge in [0, 0.05) is 42.7 Å². The Balaban J connectivity index is 0.000000321. The average molecular weight is 395 g/mol. The number of carboxylic acids is 2. The molecule has 3 aromatic rings. The normalized spacial score (nSPS) is 10.6. The first-order chi connectivity index (χ1) is 14.0. The van der Waals surface area contributed by atoms with E-state index in [4.69, 9.17) is 10.2 Å². The SMILES string of the molecule is CCCN(c1ccncc1)n1cc(CC)c2ccccc21.O=C(O)/C=C\C(=O)O. The van der Waals surface area contributed by atoms with Gasteiger partial charge in [-0.2, -0.15) is 0 Å². The topological polar surface area (TPSA) is 95.7 Å². The molecule has 0 aliphatic heterocycles. The van der Waals surface area contributed by atoms with Crippen LogP contribution in [0.25, 0.3) is 10.9 Å². The lowest BCUT2D eigenvalue weighted by Crippen LogP contribution is -2.29. The van der Waals surface area contributed by atoms with Crippen LogP contribution in [0.3, 0.4) is 0 Å². The fourth-order valence-electron chi connectivity index (χ4n) is 2.94. The van der Waals surface area contributed by atoms with Gasteiger partial charge in [0.2, 0.25) is 0 Å². The highest BCUT2D eigenvalue weighted by Gasteiger charge is 2.13. The number of aliphatic carboxylic acids is 2. The summed E-state index contributed by atoms with van der Waals surface area (Å²) in [5.74, 6) is -2.51. The summed E-state index contributed by atoms with van der Waals surface area (Å²) < 4.78 is 2.28. The number of hydrogen-bond acceptors (Lipinski definition) is 4. The van der Waals surface area contributed by atoms with E-state index in [9.17, 15) is 9.59 Å². The number of pyridine rings is 1. The second kappa shape index (κ2) is 10.7. The van der Waals surface area contributed by atoms with E-state index < -0.39 is 11.9 Å². The van der Waals surface area contributed by atoms with E-state index in [1.54, 1.807) is 0 Å². The summed E-state index contributed by atoms with van der Waals surface area (Å²) in [6.07, 6.45) is 9.22. The first kappa shape index (κ1) is 21.7. The van der Waals surface area contributed by atoms with Crippen molar-refractivity contribution in [3.8, 4) is 0 Å². The summed E-state index contributed by atoms with van der Waals surface area (Å²) in [4.78, 5) is 23.2. The summed E-state index contributed by atoms with van der Waals surface area (Å²) in [6.45, 7) is 5.40. The van der Waals surface area contributed by atoms with Gasteiger partial charge in [-0.05, 0) is 36.6 Å². The quantitative estimate of drug-likeness (QED) is 0.587. The van der Waals surface area contributed by atoms with Crippen LogP contribution >= 0.6 is 0 Å². The van der Waals surface area contributed by atoms with Crippen molar-refractivity contribution < 1.29 is 19.8 Å². The number of hydrogen-bond donors (Lipinski definition) is 2. The lowest BCUT2D eigenvalue weighted by molar-refractivity contribution is -0.134. The third-order valence-corrected chi connectivity index (χ3v) is 4.18. The molecule has 0 saturated carbocycles. The van der Waals surface area contributed by atoms with Crippen molar-refractivity contribution in [1.82, 2.24) is 9.66 Å². The van der Waals surface area contributed by atoms with E-state index in [1.165, 1.54) is 22.2 Å². The third kappa shape index (κ3) is 5.93.